The molecule has 0 radical (unpaired) electrons. The van der Waals surface area contributed by atoms with Crippen molar-refractivity contribution in [3.63, 3.8) is 0 Å². The number of H-pyrrole nitrogens is 1. The Balaban J connectivity index is 1.50. The lowest BCUT2D eigenvalue weighted by Gasteiger charge is -2.30. The Morgan fingerprint density at radius 3 is 2.64 bits per heavy atom. The van der Waals surface area contributed by atoms with Crippen molar-refractivity contribution in [2.75, 3.05) is 12.3 Å². The fraction of sp³-hybridized carbons (Fsp3) is 0.379. The van der Waals surface area contributed by atoms with E-state index in [1.165, 1.54) is 17.8 Å². The highest BCUT2D eigenvalue weighted by atomic mass is 16.2. The number of rotatable bonds is 11. The maximum atomic E-state index is 13.2. The van der Waals surface area contributed by atoms with E-state index >= 15 is 0 Å². The summed E-state index contributed by atoms with van der Waals surface area (Å²) in [7, 11) is 1.87. The number of nitrogens with zero attached hydrogens (tertiary/aromatic N) is 9. The lowest BCUT2D eigenvalue weighted by molar-refractivity contribution is 0.0650. The quantitative estimate of drug-likeness (QED) is 0.226. The summed E-state index contributed by atoms with van der Waals surface area (Å²) in [5, 5.41) is 16.6. The molecule has 0 saturated heterocycles. The third kappa shape index (κ3) is 5.37. The van der Waals surface area contributed by atoms with Gasteiger partial charge in [0.2, 0.25) is 5.82 Å². The average Bonchev–Trinajstić information content (AvgIpc) is 3.74. The van der Waals surface area contributed by atoms with E-state index in [4.69, 9.17) is 10.7 Å². The second-order valence-electron chi connectivity index (χ2n) is 10.4. The fourth-order valence-electron chi connectivity index (χ4n) is 5.38. The highest BCUT2D eigenvalue weighted by molar-refractivity contribution is 6.00. The zero-order chi connectivity index (χ0) is 30.0. The summed E-state index contributed by atoms with van der Waals surface area (Å²) in [6.07, 6.45) is 9.28. The van der Waals surface area contributed by atoms with Crippen LogP contribution < -0.4 is 5.73 Å². The Morgan fingerprint density at radius 2 is 2.02 bits per heavy atom. The first-order valence-electron chi connectivity index (χ1n) is 14.0. The van der Waals surface area contributed by atoms with Gasteiger partial charge in [-0.2, -0.15) is 14.7 Å². The van der Waals surface area contributed by atoms with E-state index in [-0.39, 0.29) is 29.4 Å². The molecule has 5 heterocycles. The predicted molar refractivity (Wildman–Crippen MR) is 158 cm³/mol. The van der Waals surface area contributed by atoms with Crippen LogP contribution in [0.25, 0.3) is 28.2 Å². The Bertz CT molecular complexity index is 1740. The molecule has 0 aromatic carbocycles. The fourth-order valence-corrected chi connectivity index (χ4v) is 5.38. The van der Waals surface area contributed by atoms with Crippen molar-refractivity contribution in [2.24, 2.45) is 7.05 Å². The standard InChI is InChI=1S/C29H35N11O2/c1-6-11-39(29(42)27-32-16-33-36-27)20(7-2)8-9-22-24(18(4)41)26(30)40-28(35-22)21(15-34-40)19-13-17(3)25(31-14-19)23-10-12-38(5)37-23/h10,12-16,20H,6-9,11,30H2,1-5H3,(H,32,33,36)/t20-/m1/s1. The highest BCUT2D eigenvalue weighted by Crippen LogP contribution is 2.30. The molecule has 0 fully saturated rings. The molecule has 42 heavy (non-hydrogen) atoms. The monoisotopic (exact) mass is 569 g/mol. The van der Waals surface area contributed by atoms with Gasteiger partial charge in [0, 0.05) is 43.2 Å². The van der Waals surface area contributed by atoms with E-state index in [1.807, 2.05) is 51.0 Å². The topological polar surface area (TPSA) is 166 Å². The number of aromatic amines is 1. The number of pyridine rings is 1. The minimum Gasteiger partial charge on any atom is -0.383 e. The zero-order valence-corrected chi connectivity index (χ0v) is 24.5. The van der Waals surface area contributed by atoms with Crippen LogP contribution in [0.4, 0.5) is 5.82 Å². The number of aromatic nitrogens is 9. The largest absolute Gasteiger partial charge is 0.383 e. The zero-order valence-electron chi connectivity index (χ0n) is 24.5. The molecule has 5 rings (SSSR count). The molecule has 3 N–H and O–H groups in total. The molecule has 0 unspecified atom stereocenters. The first-order chi connectivity index (χ1) is 20.2. The first-order valence-corrected chi connectivity index (χ1v) is 14.0. The molecule has 0 bridgehead atoms. The molecule has 13 heteroatoms. The molecule has 13 nitrogen and oxygen atoms in total. The SMILES string of the molecule is CCCN(C(=O)c1nnc[nH]1)[C@H](CC)CCc1nc2c(-c3cnc(-c4ccn(C)n4)c(C)c3)cnn2c(N)c1C(C)=O. The van der Waals surface area contributed by atoms with Gasteiger partial charge in [-0.25, -0.2) is 4.98 Å². The summed E-state index contributed by atoms with van der Waals surface area (Å²) in [6.45, 7) is 8.10. The normalized spacial score (nSPS) is 12.1. The van der Waals surface area contributed by atoms with Crippen LogP contribution in [0.1, 0.15) is 72.3 Å². The lowest BCUT2D eigenvalue weighted by Crippen LogP contribution is -2.41. The smallest absolute Gasteiger partial charge is 0.291 e. The van der Waals surface area contributed by atoms with Gasteiger partial charge in [0.15, 0.2) is 11.4 Å². The van der Waals surface area contributed by atoms with Crippen LogP contribution >= 0.6 is 0 Å². The molecular weight excluding hydrogens is 534 g/mol. The first kappa shape index (κ1) is 28.6. The number of fused-ring (bicyclic) bond motifs is 1. The van der Waals surface area contributed by atoms with Crippen molar-refractivity contribution in [3.05, 3.63) is 59.7 Å². The van der Waals surface area contributed by atoms with Gasteiger partial charge in [-0.05, 0) is 57.2 Å². The van der Waals surface area contributed by atoms with Crippen LogP contribution in [0.15, 0.2) is 37.1 Å². The van der Waals surface area contributed by atoms with Crippen molar-refractivity contribution in [3.8, 4) is 22.5 Å². The molecule has 0 saturated carbocycles. The lowest BCUT2D eigenvalue weighted by atomic mass is 10.00. The van der Waals surface area contributed by atoms with E-state index in [0.717, 1.165) is 40.9 Å². The van der Waals surface area contributed by atoms with E-state index in [1.54, 1.807) is 17.1 Å². The van der Waals surface area contributed by atoms with Gasteiger partial charge < -0.3 is 15.6 Å². The number of nitrogens with two attached hydrogens (primary N) is 1. The van der Waals surface area contributed by atoms with Crippen LogP contribution in [0.3, 0.4) is 0 Å². The summed E-state index contributed by atoms with van der Waals surface area (Å²) in [5.41, 5.74) is 12.1. The van der Waals surface area contributed by atoms with Gasteiger partial charge in [-0.15, -0.1) is 10.2 Å². The molecule has 0 spiro atoms. The Kier molecular flexibility index (Phi) is 8.09. The van der Waals surface area contributed by atoms with Crippen LogP contribution in [0, 0.1) is 6.92 Å². The number of Topliss-reactive ketones (excluding diaryl/α,β-unsaturated/α-hetero) is 1. The molecule has 0 aliphatic heterocycles. The van der Waals surface area contributed by atoms with Crippen LogP contribution in [-0.4, -0.2) is 73.7 Å². The minimum atomic E-state index is -0.203. The number of hydrogen-bond acceptors (Lipinski definition) is 9. The summed E-state index contributed by atoms with van der Waals surface area (Å²) in [6, 6.07) is 3.85. The number of amides is 1. The number of aryl methyl sites for hydroxylation is 3. The molecule has 5 aromatic rings. The number of hydrogen-bond donors (Lipinski definition) is 2. The van der Waals surface area contributed by atoms with Crippen molar-refractivity contribution in [2.45, 2.75) is 59.4 Å². The number of ketones is 1. The second kappa shape index (κ2) is 11.9. The van der Waals surface area contributed by atoms with E-state index in [2.05, 4.69) is 30.4 Å². The number of carbonyl (C=O) groups excluding carboxylic acids is 2. The van der Waals surface area contributed by atoms with Crippen molar-refractivity contribution in [1.82, 2.24) is 49.4 Å². The Morgan fingerprint density at radius 1 is 1.21 bits per heavy atom. The third-order valence-corrected chi connectivity index (χ3v) is 7.43. The third-order valence-electron chi connectivity index (χ3n) is 7.43. The van der Waals surface area contributed by atoms with Crippen LogP contribution in [-0.2, 0) is 13.5 Å². The summed E-state index contributed by atoms with van der Waals surface area (Å²) >= 11 is 0. The summed E-state index contributed by atoms with van der Waals surface area (Å²) in [4.78, 5) is 40.2. The maximum absolute atomic E-state index is 13.2. The maximum Gasteiger partial charge on any atom is 0.291 e. The van der Waals surface area contributed by atoms with Crippen LogP contribution in [0.5, 0.6) is 0 Å². The second-order valence-corrected chi connectivity index (χ2v) is 10.4. The van der Waals surface area contributed by atoms with E-state index in [9.17, 15) is 9.59 Å². The molecule has 5 aromatic heterocycles. The van der Waals surface area contributed by atoms with E-state index < -0.39 is 0 Å². The molecule has 0 aliphatic carbocycles. The van der Waals surface area contributed by atoms with Gasteiger partial charge in [-0.1, -0.05) is 13.8 Å². The van der Waals surface area contributed by atoms with Crippen LogP contribution in [0.2, 0.25) is 0 Å². The Hall–Kier alpha value is -4.94. The number of anilines is 1. The van der Waals surface area contributed by atoms with Crippen molar-refractivity contribution >= 4 is 23.2 Å². The molecule has 1 atom stereocenters. The number of nitrogens with one attached hydrogen (secondary N) is 1. The number of nitrogen functional groups attached to an aromatic ring is 1. The van der Waals surface area contributed by atoms with Gasteiger partial charge in [0.25, 0.3) is 5.91 Å². The average molecular weight is 570 g/mol. The van der Waals surface area contributed by atoms with E-state index in [0.29, 0.717) is 36.3 Å². The Labute approximate surface area is 243 Å². The highest BCUT2D eigenvalue weighted by Gasteiger charge is 2.27. The summed E-state index contributed by atoms with van der Waals surface area (Å²) in [5.74, 6) is 0.0464. The molecular formula is C29H35N11O2. The predicted octanol–water partition coefficient (Wildman–Crippen LogP) is 3.67. The van der Waals surface area contributed by atoms with Gasteiger partial charge in [0.05, 0.1) is 23.1 Å². The molecule has 218 valence electrons. The van der Waals surface area contributed by atoms with Gasteiger partial charge in [-0.3, -0.25) is 19.3 Å². The van der Waals surface area contributed by atoms with Gasteiger partial charge in [0.1, 0.15) is 17.8 Å². The number of carbonyl (C=O) groups is 2. The van der Waals surface area contributed by atoms with Crippen molar-refractivity contribution < 1.29 is 9.59 Å². The van der Waals surface area contributed by atoms with Gasteiger partial charge >= 0.3 is 0 Å². The minimum absolute atomic E-state index is 0.100. The molecule has 1 amide bonds. The molecule has 0 aliphatic rings. The summed E-state index contributed by atoms with van der Waals surface area (Å²) < 4.78 is 3.25. The van der Waals surface area contributed by atoms with Crippen molar-refractivity contribution in [1.29, 1.82) is 0 Å².